The minimum atomic E-state index is -3.66. The molecule has 1 unspecified atom stereocenters. The van der Waals surface area contributed by atoms with Gasteiger partial charge in [0.05, 0.1) is 12.8 Å². The molecule has 0 spiro atoms. The summed E-state index contributed by atoms with van der Waals surface area (Å²) in [7, 11) is -3.66. The fourth-order valence-electron chi connectivity index (χ4n) is 4.26. The lowest BCUT2D eigenvalue weighted by atomic mass is 9.81. The second kappa shape index (κ2) is 7.66. The van der Waals surface area contributed by atoms with E-state index in [9.17, 15) is 12.8 Å². The number of hydrogen-bond acceptors (Lipinski definition) is 8. The Hall–Kier alpha value is -3.79. The van der Waals surface area contributed by atoms with Crippen LogP contribution in [0.15, 0.2) is 76.8 Å². The number of halogens is 1. The van der Waals surface area contributed by atoms with Gasteiger partial charge in [-0.2, -0.15) is 12.8 Å². The van der Waals surface area contributed by atoms with Crippen molar-refractivity contribution in [2.45, 2.75) is 5.54 Å². The van der Waals surface area contributed by atoms with Crippen molar-refractivity contribution < 1.29 is 17.0 Å². The Balaban J connectivity index is 1.68. The molecule has 1 aromatic heterocycles. The number of benzene rings is 2. The Morgan fingerprint density at radius 1 is 1.09 bits per heavy atom. The number of nitrogens with zero attached hydrogens (tertiary/aromatic N) is 4. The van der Waals surface area contributed by atoms with Gasteiger partial charge in [-0.25, -0.2) is 9.98 Å². The van der Waals surface area contributed by atoms with Gasteiger partial charge in [-0.15, -0.1) is 0 Å². The molecule has 0 bridgehead atoms. The van der Waals surface area contributed by atoms with Gasteiger partial charge in [0.1, 0.15) is 11.6 Å². The molecule has 3 heterocycles. The molecular formula is C23H20FN5O3S. The Kier molecular flexibility index (Phi) is 4.89. The van der Waals surface area contributed by atoms with Gasteiger partial charge in [0.15, 0.2) is 11.5 Å². The number of aliphatic imine (C=N–C) groups is 2. The second-order valence-corrected chi connectivity index (χ2v) is 9.35. The molecule has 33 heavy (non-hydrogen) atoms. The van der Waals surface area contributed by atoms with E-state index >= 15 is 0 Å². The van der Waals surface area contributed by atoms with Crippen LogP contribution in [-0.2, 0) is 15.7 Å². The topological polar surface area (TPSA) is 110 Å². The van der Waals surface area contributed by atoms with E-state index in [4.69, 9.17) is 19.9 Å². The molecule has 168 valence electrons. The molecule has 1 atom stereocenters. The van der Waals surface area contributed by atoms with Crippen molar-refractivity contribution in [2.75, 3.05) is 19.3 Å². The maximum absolute atomic E-state index is 14.4. The highest BCUT2D eigenvalue weighted by Crippen LogP contribution is 2.43. The van der Waals surface area contributed by atoms with Crippen LogP contribution in [0.25, 0.3) is 11.1 Å². The first-order valence-corrected chi connectivity index (χ1v) is 12.0. The van der Waals surface area contributed by atoms with Crippen LogP contribution in [0.1, 0.15) is 11.1 Å². The lowest BCUT2D eigenvalue weighted by molar-refractivity contribution is 0.492. The van der Waals surface area contributed by atoms with Crippen molar-refractivity contribution in [2.24, 2.45) is 15.7 Å². The molecule has 2 aliphatic rings. The standard InChI is InChI=1S/C23H20FN5O3S/c1-33(30,31)32-18-9-7-16(8-10-18)23(21-27-12-13-29(21)22(25)28-23)17-5-2-4-15(14-17)19-6-3-11-26-20(19)24/h2-11,14H,12-13H2,1H3,(H2,25,28). The normalized spacial score (nSPS) is 19.8. The van der Waals surface area contributed by atoms with Crippen molar-refractivity contribution >= 4 is 21.9 Å². The van der Waals surface area contributed by atoms with E-state index < -0.39 is 21.6 Å². The molecule has 0 fully saturated rings. The van der Waals surface area contributed by atoms with Crippen LogP contribution in [0, 0.1) is 5.95 Å². The zero-order valence-electron chi connectivity index (χ0n) is 17.6. The van der Waals surface area contributed by atoms with Crippen molar-refractivity contribution in [3.05, 3.63) is 83.9 Å². The average Bonchev–Trinajstić information content (AvgIpc) is 3.37. The largest absolute Gasteiger partial charge is 0.383 e. The van der Waals surface area contributed by atoms with Gasteiger partial charge in [-0.1, -0.05) is 30.3 Å². The van der Waals surface area contributed by atoms with Crippen molar-refractivity contribution in [3.8, 4) is 16.9 Å². The molecule has 3 aromatic rings. The minimum absolute atomic E-state index is 0.183. The lowest BCUT2D eigenvalue weighted by Gasteiger charge is -2.29. The summed E-state index contributed by atoms with van der Waals surface area (Å²) in [6, 6.07) is 17.3. The Morgan fingerprint density at radius 2 is 1.88 bits per heavy atom. The van der Waals surface area contributed by atoms with E-state index in [0.717, 1.165) is 17.4 Å². The van der Waals surface area contributed by atoms with Gasteiger partial charge < -0.3 is 9.92 Å². The van der Waals surface area contributed by atoms with Crippen LogP contribution in [0.3, 0.4) is 0 Å². The highest BCUT2D eigenvalue weighted by Gasteiger charge is 2.50. The van der Waals surface area contributed by atoms with Crippen LogP contribution in [0.4, 0.5) is 4.39 Å². The van der Waals surface area contributed by atoms with Gasteiger partial charge >= 0.3 is 10.1 Å². The van der Waals surface area contributed by atoms with Crippen molar-refractivity contribution in [1.29, 1.82) is 0 Å². The number of aromatic nitrogens is 1. The predicted molar refractivity (Wildman–Crippen MR) is 123 cm³/mol. The number of hydrogen-bond donors (Lipinski definition) is 1. The predicted octanol–water partition coefficient (Wildman–Crippen LogP) is 2.51. The van der Waals surface area contributed by atoms with Crippen molar-refractivity contribution in [1.82, 2.24) is 9.88 Å². The van der Waals surface area contributed by atoms with Crippen LogP contribution in [0.2, 0.25) is 0 Å². The van der Waals surface area contributed by atoms with Crippen LogP contribution in [0.5, 0.6) is 5.75 Å². The molecule has 0 saturated carbocycles. The third-order valence-electron chi connectivity index (χ3n) is 5.59. The van der Waals surface area contributed by atoms with E-state index in [-0.39, 0.29) is 5.75 Å². The Bertz CT molecular complexity index is 1410. The fraction of sp³-hybridized carbons (Fsp3) is 0.174. The van der Waals surface area contributed by atoms with Gasteiger partial charge in [0, 0.05) is 18.3 Å². The molecule has 0 radical (unpaired) electrons. The van der Waals surface area contributed by atoms with Gasteiger partial charge in [0.2, 0.25) is 5.95 Å². The number of nitrogens with two attached hydrogens (primary N) is 1. The molecule has 0 saturated heterocycles. The monoisotopic (exact) mass is 465 g/mol. The number of rotatable bonds is 5. The summed E-state index contributed by atoms with van der Waals surface area (Å²) in [5.74, 6) is 0.615. The molecule has 2 aromatic carbocycles. The van der Waals surface area contributed by atoms with E-state index in [0.29, 0.717) is 36.0 Å². The quantitative estimate of drug-likeness (QED) is 0.458. The molecule has 2 aliphatic heterocycles. The summed E-state index contributed by atoms with van der Waals surface area (Å²) in [6.07, 6.45) is 2.38. The average molecular weight is 466 g/mol. The molecule has 0 aliphatic carbocycles. The van der Waals surface area contributed by atoms with E-state index in [1.807, 2.05) is 23.1 Å². The zero-order valence-corrected chi connectivity index (χ0v) is 18.5. The minimum Gasteiger partial charge on any atom is -0.383 e. The third kappa shape index (κ3) is 3.62. The number of fused-ring (bicyclic) bond motifs is 1. The highest BCUT2D eigenvalue weighted by atomic mass is 32.2. The van der Waals surface area contributed by atoms with Gasteiger partial charge in [0.25, 0.3) is 0 Å². The maximum Gasteiger partial charge on any atom is 0.306 e. The number of guanidine groups is 1. The number of pyridine rings is 1. The van der Waals surface area contributed by atoms with E-state index in [1.165, 1.54) is 6.20 Å². The first-order valence-electron chi connectivity index (χ1n) is 10.2. The third-order valence-corrected chi connectivity index (χ3v) is 6.09. The number of amidine groups is 1. The Morgan fingerprint density at radius 3 is 2.61 bits per heavy atom. The molecular weight excluding hydrogens is 445 g/mol. The van der Waals surface area contributed by atoms with Crippen LogP contribution >= 0.6 is 0 Å². The molecule has 5 rings (SSSR count). The Labute approximate surface area is 190 Å². The molecule has 2 N–H and O–H groups in total. The van der Waals surface area contributed by atoms with E-state index in [2.05, 4.69) is 4.98 Å². The maximum atomic E-state index is 14.4. The molecule has 10 heteroatoms. The molecule has 0 amide bonds. The van der Waals surface area contributed by atoms with Gasteiger partial charge in [-0.3, -0.25) is 9.89 Å². The summed E-state index contributed by atoms with van der Waals surface area (Å²) in [4.78, 5) is 15.1. The summed E-state index contributed by atoms with van der Waals surface area (Å²) in [6.45, 7) is 1.18. The smallest absolute Gasteiger partial charge is 0.306 e. The van der Waals surface area contributed by atoms with Crippen LogP contribution < -0.4 is 9.92 Å². The van der Waals surface area contributed by atoms with E-state index in [1.54, 1.807) is 42.5 Å². The first kappa shape index (κ1) is 21.1. The first-order chi connectivity index (χ1) is 15.8. The lowest BCUT2D eigenvalue weighted by Crippen LogP contribution is -2.41. The van der Waals surface area contributed by atoms with Crippen molar-refractivity contribution in [3.63, 3.8) is 0 Å². The summed E-state index contributed by atoms with van der Waals surface area (Å²) in [5, 5.41) is 0. The second-order valence-electron chi connectivity index (χ2n) is 7.77. The zero-order chi connectivity index (χ0) is 23.2. The molecule has 8 nitrogen and oxygen atoms in total. The summed E-state index contributed by atoms with van der Waals surface area (Å²) < 4.78 is 42.4. The SMILES string of the molecule is CS(=O)(=O)Oc1ccc(C2(c3cccc(-c4cccnc4F)c3)N=C(N)N3CCN=C32)cc1. The fourth-order valence-corrected chi connectivity index (χ4v) is 4.72. The summed E-state index contributed by atoms with van der Waals surface area (Å²) in [5.41, 5.74) is 7.68. The van der Waals surface area contributed by atoms with Gasteiger partial charge in [-0.05, 0) is 47.0 Å². The summed E-state index contributed by atoms with van der Waals surface area (Å²) >= 11 is 0. The highest BCUT2D eigenvalue weighted by molar-refractivity contribution is 7.86. The van der Waals surface area contributed by atoms with Crippen LogP contribution in [-0.4, -0.2) is 49.4 Å².